The topological polar surface area (TPSA) is 62.5 Å². The minimum atomic E-state index is -1.39. The Labute approximate surface area is 159 Å². The van der Waals surface area contributed by atoms with E-state index in [2.05, 4.69) is 0 Å². The van der Waals surface area contributed by atoms with Gasteiger partial charge in [0.15, 0.2) is 0 Å². The smallest absolute Gasteiger partial charge is 0.341 e. The number of aromatic carboxylic acids is 1. The molecule has 7 heteroatoms. The average molecular weight is 384 g/mol. The molecule has 1 fully saturated rings. The van der Waals surface area contributed by atoms with Gasteiger partial charge in [0.2, 0.25) is 5.43 Å². The van der Waals surface area contributed by atoms with Crippen LogP contribution in [0.3, 0.4) is 0 Å². The first-order chi connectivity index (χ1) is 13.4. The highest BCUT2D eigenvalue weighted by Crippen LogP contribution is 2.28. The molecule has 1 aliphatic heterocycles. The lowest BCUT2D eigenvalue weighted by atomic mass is 10.1. The molecule has 5 nitrogen and oxygen atoms in total. The number of fused-ring (bicyclic) bond motifs is 1. The summed E-state index contributed by atoms with van der Waals surface area (Å²) in [4.78, 5) is 26.0. The Morgan fingerprint density at radius 1 is 1.11 bits per heavy atom. The van der Waals surface area contributed by atoms with Crippen LogP contribution in [0.1, 0.15) is 28.8 Å². The van der Waals surface area contributed by atoms with E-state index in [1.54, 1.807) is 22.8 Å². The van der Waals surface area contributed by atoms with Gasteiger partial charge in [-0.25, -0.2) is 13.6 Å². The number of carbonyl (C=O) groups is 1. The molecule has 1 N–H and O–H groups in total. The molecule has 4 rings (SSSR count). The van der Waals surface area contributed by atoms with Gasteiger partial charge in [-0.3, -0.25) is 4.79 Å². The number of halogens is 2. The van der Waals surface area contributed by atoms with Gasteiger partial charge < -0.3 is 14.6 Å². The first-order valence-electron chi connectivity index (χ1n) is 9.03. The van der Waals surface area contributed by atoms with Gasteiger partial charge in [0.05, 0.1) is 11.2 Å². The number of benzene rings is 2. The van der Waals surface area contributed by atoms with Gasteiger partial charge in [0.25, 0.3) is 0 Å². The zero-order chi connectivity index (χ0) is 19.8. The number of nitrogens with zero attached hydrogens (tertiary/aromatic N) is 2. The lowest BCUT2D eigenvalue weighted by Gasteiger charge is -2.20. The van der Waals surface area contributed by atoms with E-state index in [0.29, 0.717) is 16.8 Å². The molecule has 1 aliphatic rings. The van der Waals surface area contributed by atoms with Gasteiger partial charge in [-0.1, -0.05) is 12.1 Å². The van der Waals surface area contributed by atoms with Crippen LogP contribution in [0, 0.1) is 11.6 Å². The summed E-state index contributed by atoms with van der Waals surface area (Å²) in [5.74, 6) is -2.35. The van der Waals surface area contributed by atoms with Crippen LogP contribution in [0.5, 0.6) is 0 Å². The summed E-state index contributed by atoms with van der Waals surface area (Å²) >= 11 is 0. The van der Waals surface area contributed by atoms with Crippen LogP contribution in [-0.4, -0.2) is 28.7 Å². The maximum absolute atomic E-state index is 14.7. The number of hydrogen-bond donors (Lipinski definition) is 1. The Hall–Kier alpha value is -3.22. The molecule has 144 valence electrons. The molecule has 2 heterocycles. The molecule has 2 aromatic carbocycles. The predicted octanol–water partition coefficient (Wildman–Crippen LogP) is 3.63. The second kappa shape index (κ2) is 7.07. The molecule has 0 atom stereocenters. The minimum Gasteiger partial charge on any atom is -0.477 e. The lowest BCUT2D eigenvalue weighted by Crippen LogP contribution is -2.22. The third kappa shape index (κ3) is 3.24. The Morgan fingerprint density at radius 2 is 1.86 bits per heavy atom. The second-order valence-corrected chi connectivity index (χ2v) is 6.95. The van der Waals surface area contributed by atoms with E-state index in [0.717, 1.165) is 32.0 Å². The molecule has 0 unspecified atom stereocenters. The van der Waals surface area contributed by atoms with Gasteiger partial charge in [0, 0.05) is 31.2 Å². The van der Waals surface area contributed by atoms with E-state index < -0.39 is 28.6 Å². The van der Waals surface area contributed by atoms with Crippen LogP contribution in [0.2, 0.25) is 0 Å². The predicted molar refractivity (Wildman–Crippen MR) is 102 cm³/mol. The maximum atomic E-state index is 14.7. The summed E-state index contributed by atoms with van der Waals surface area (Å²) in [5.41, 5.74) is 0.235. The first kappa shape index (κ1) is 18.2. The summed E-state index contributed by atoms with van der Waals surface area (Å²) in [5, 5.41) is 9.38. The Kier molecular flexibility index (Phi) is 4.58. The third-order valence-electron chi connectivity index (χ3n) is 5.07. The minimum absolute atomic E-state index is 0.00301. The second-order valence-electron chi connectivity index (χ2n) is 6.95. The van der Waals surface area contributed by atoms with E-state index in [1.807, 2.05) is 4.90 Å². The van der Waals surface area contributed by atoms with E-state index in [9.17, 15) is 23.5 Å². The molecule has 0 bridgehead atoms. The molecule has 0 radical (unpaired) electrons. The van der Waals surface area contributed by atoms with E-state index in [-0.39, 0.29) is 11.9 Å². The average Bonchev–Trinajstić information content (AvgIpc) is 3.18. The monoisotopic (exact) mass is 384 g/mol. The van der Waals surface area contributed by atoms with Gasteiger partial charge >= 0.3 is 5.97 Å². The summed E-state index contributed by atoms with van der Waals surface area (Å²) in [6, 6.07) is 8.62. The van der Waals surface area contributed by atoms with Crippen LogP contribution < -0.4 is 10.3 Å². The van der Waals surface area contributed by atoms with Crippen molar-refractivity contribution < 1.29 is 18.7 Å². The highest BCUT2D eigenvalue weighted by atomic mass is 19.1. The van der Waals surface area contributed by atoms with E-state index in [1.165, 1.54) is 18.3 Å². The molecule has 0 amide bonds. The zero-order valence-electron chi connectivity index (χ0n) is 15.0. The maximum Gasteiger partial charge on any atom is 0.341 e. The fourth-order valence-corrected chi connectivity index (χ4v) is 3.71. The van der Waals surface area contributed by atoms with Gasteiger partial charge in [-0.15, -0.1) is 0 Å². The summed E-state index contributed by atoms with van der Waals surface area (Å²) < 4.78 is 29.8. The highest BCUT2D eigenvalue weighted by molar-refractivity contribution is 5.93. The number of carboxylic acid groups (broad SMARTS) is 1. The van der Waals surface area contributed by atoms with Gasteiger partial charge in [-0.05, 0) is 42.7 Å². The molecule has 0 saturated carbocycles. The van der Waals surface area contributed by atoms with Crippen molar-refractivity contribution in [1.82, 2.24) is 4.57 Å². The van der Waals surface area contributed by atoms with Crippen molar-refractivity contribution in [2.75, 3.05) is 18.0 Å². The molecule has 1 saturated heterocycles. The molecule has 3 aromatic rings. The number of anilines is 1. The summed E-state index contributed by atoms with van der Waals surface area (Å²) in [6.07, 6.45) is 3.17. The highest BCUT2D eigenvalue weighted by Gasteiger charge is 2.21. The Balaban J connectivity index is 1.94. The lowest BCUT2D eigenvalue weighted by molar-refractivity contribution is 0.0695. The molecular formula is C21H18F2N2O3. The van der Waals surface area contributed by atoms with Crippen LogP contribution in [-0.2, 0) is 6.54 Å². The van der Waals surface area contributed by atoms with Crippen LogP contribution >= 0.6 is 0 Å². The molecule has 1 aromatic heterocycles. The standard InChI is InChI=1S/C21H18F2N2O3/c22-14-5-3-4-13(8-14)11-25-12-16(21(27)28)20(26)15-9-17(23)19(10-18(15)25)24-6-1-2-7-24/h3-5,8-10,12H,1-2,6-7,11H2,(H,27,28). The van der Waals surface area contributed by atoms with Crippen molar-refractivity contribution in [3.8, 4) is 0 Å². The number of carboxylic acids is 1. The summed E-state index contributed by atoms with van der Waals surface area (Å²) in [7, 11) is 0. The van der Waals surface area contributed by atoms with Crippen molar-refractivity contribution in [3.63, 3.8) is 0 Å². The van der Waals surface area contributed by atoms with Crippen LogP contribution in [0.25, 0.3) is 10.9 Å². The third-order valence-corrected chi connectivity index (χ3v) is 5.07. The normalized spacial score (nSPS) is 14.0. The zero-order valence-corrected chi connectivity index (χ0v) is 15.0. The SMILES string of the molecule is O=C(O)c1cn(Cc2cccc(F)c2)c2cc(N3CCCC3)c(F)cc2c1=O. The van der Waals surface area contributed by atoms with Crippen LogP contribution in [0.4, 0.5) is 14.5 Å². The molecule has 0 aliphatic carbocycles. The number of hydrogen-bond acceptors (Lipinski definition) is 3. The summed E-state index contributed by atoms with van der Waals surface area (Å²) in [6.45, 7) is 1.60. The van der Waals surface area contributed by atoms with Crippen molar-refractivity contribution in [2.45, 2.75) is 19.4 Å². The van der Waals surface area contributed by atoms with Crippen LogP contribution in [0.15, 0.2) is 47.4 Å². The number of rotatable bonds is 4. The molecule has 0 spiro atoms. The fraction of sp³-hybridized carbons (Fsp3) is 0.238. The van der Waals surface area contributed by atoms with Gasteiger partial charge in [-0.2, -0.15) is 0 Å². The van der Waals surface area contributed by atoms with Gasteiger partial charge in [0.1, 0.15) is 17.2 Å². The Bertz CT molecular complexity index is 1130. The van der Waals surface area contributed by atoms with Crippen molar-refractivity contribution in [1.29, 1.82) is 0 Å². The quantitative estimate of drug-likeness (QED) is 0.746. The molecular weight excluding hydrogens is 366 g/mol. The van der Waals surface area contributed by atoms with Crippen molar-refractivity contribution >= 4 is 22.6 Å². The van der Waals surface area contributed by atoms with E-state index in [4.69, 9.17) is 0 Å². The van der Waals surface area contributed by atoms with Crippen molar-refractivity contribution in [2.24, 2.45) is 0 Å². The Morgan fingerprint density at radius 3 is 2.54 bits per heavy atom. The van der Waals surface area contributed by atoms with E-state index >= 15 is 0 Å². The first-order valence-corrected chi connectivity index (χ1v) is 9.03. The molecule has 28 heavy (non-hydrogen) atoms. The largest absolute Gasteiger partial charge is 0.477 e. The number of aromatic nitrogens is 1. The van der Waals surface area contributed by atoms with Crippen molar-refractivity contribution in [3.05, 3.63) is 75.6 Å². The number of pyridine rings is 1. The fourth-order valence-electron chi connectivity index (χ4n) is 3.71.